The van der Waals surface area contributed by atoms with Gasteiger partial charge in [0, 0.05) is 24.3 Å². The third kappa shape index (κ3) is 6.58. The molecule has 3 N–H and O–H groups in total. The SMILES string of the molecule is CCOC(=O)NCCC(=O)Nc1ccc(NS(=O)(=O)c2ccc(C)cc2)cc1. The van der Waals surface area contributed by atoms with E-state index < -0.39 is 16.1 Å². The maximum Gasteiger partial charge on any atom is 0.407 e. The Morgan fingerprint density at radius 3 is 2.18 bits per heavy atom. The summed E-state index contributed by atoms with van der Waals surface area (Å²) >= 11 is 0. The fraction of sp³-hybridized carbons (Fsp3) is 0.263. The lowest BCUT2D eigenvalue weighted by Gasteiger charge is -2.10. The number of alkyl carbamates (subject to hydrolysis) is 1. The van der Waals surface area contributed by atoms with Crippen molar-refractivity contribution in [2.75, 3.05) is 23.2 Å². The fourth-order valence-corrected chi connectivity index (χ4v) is 3.30. The first kappa shape index (κ1) is 21.2. The van der Waals surface area contributed by atoms with Gasteiger partial charge in [-0.2, -0.15) is 0 Å². The van der Waals surface area contributed by atoms with Crippen LogP contribution in [-0.2, 0) is 19.6 Å². The summed E-state index contributed by atoms with van der Waals surface area (Å²) in [6.07, 6.45) is -0.485. The van der Waals surface area contributed by atoms with Crippen molar-refractivity contribution < 1.29 is 22.7 Å². The number of nitrogens with one attached hydrogen (secondary N) is 3. The molecule has 0 saturated heterocycles. The largest absolute Gasteiger partial charge is 0.450 e. The number of hydrogen-bond donors (Lipinski definition) is 3. The Labute approximate surface area is 164 Å². The number of carbonyl (C=O) groups excluding carboxylic acids is 2. The fourth-order valence-electron chi connectivity index (χ4n) is 2.24. The van der Waals surface area contributed by atoms with Crippen LogP contribution in [0.25, 0.3) is 0 Å². The third-order valence-electron chi connectivity index (χ3n) is 3.65. The van der Waals surface area contributed by atoms with E-state index in [0.717, 1.165) is 5.56 Å². The van der Waals surface area contributed by atoms with Crippen molar-refractivity contribution in [3.63, 3.8) is 0 Å². The van der Waals surface area contributed by atoms with Crippen molar-refractivity contribution in [1.29, 1.82) is 0 Å². The standard InChI is InChI=1S/C19H23N3O5S/c1-3-27-19(24)20-13-12-18(23)21-15-6-8-16(9-7-15)22-28(25,26)17-10-4-14(2)5-11-17/h4-11,22H,3,12-13H2,1-2H3,(H,20,24)(H,21,23). The molecule has 2 amide bonds. The highest BCUT2D eigenvalue weighted by molar-refractivity contribution is 7.92. The first-order valence-electron chi connectivity index (χ1n) is 8.70. The number of ether oxygens (including phenoxy) is 1. The Kier molecular flexibility index (Phi) is 7.39. The monoisotopic (exact) mass is 405 g/mol. The maximum atomic E-state index is 12.4. The van der Waals surface area contributed by atoms with E-state index in [2.05, 4.69) is 15.4 Å². The highest BCUT2D eigenvalue weighted by Gasteiger charge is 2.13. The van der Waals surface area contributed by atoms with Crippen LogP contribution in [0.3, 0.4) is 0 Å². The smallest absolute Gasteiger partial charge is 0.407 e. The molecule has 2 aromatic carbocycles. The third-order valence-corrected chi connectivity index (χ3v) is 5.05. The molecule has 2 aromatic rings. The van der Waals surface area contributed by atoms with E-state index in [1.807, 2.05) is 6.92 Å². The van der Waals surface area contributed by atoms with Crippen LogP contribution in [0.4, 0.5) is 16.2 Å². The molecule has 0 bridgehead atoms. The summed E-state index contributed by atoms with van der Waals surface area (Å²) in [5.41, 5.74) is 1.86. The van der Waals surface area contributed by atoms with Crippen molar-refractivity contribution in [3.8, 4) is 0 Å². The van der Waals surface area contributed by atoms with Gasteiger partial charge < -0.3 is 15.4 Å². The van der Waals surface area contributed by atoms with Gasteiger partial charge in [-0.3, -0.25) is 9.52 Å². The van der Waals surface area contributed by atoms with Gasteiger partial charge in [-0.15, -0.1) is 0 Å². The molecule has 0 unspecified atom stereocenters. The van der Waals surface area contributed by atoms with E-state index >= 15 is 0 Å². The minimum absolute atomic E-state index is 0.0839. The summed E-state index contributed by atoms with van der Waals surface area (Å²) in [6.45, 7) is 3.98. The molecule has 0 atom stereocenters. The van der Waals surface area contributed by atoms with Crippen molar-refractivity contribution >= 4 is 33.4 Å². The van der Waals surface area contributed by atoms with Gasteiger partial charge in [-0.05, 0) is 50.2 Å². The van der Waals surface area contributed by atoms with Crippen molar-refractivity contribution in [3.05, 3.63) is 54.1 Å². The molecule has 0 aromatic heterocycles. The predicted molar refractivity (Wildman–Crippen MR) is 107 cm³/mol. The van der Waals surface area contributed by atoms with E-state index in [1.54, 1.807) is 43.3 Å². The molecule has 0 aliphatic heterocycles. The normalized spacial score (nSPS) is 10.8. The second kappa shape index (κ2) is 9.75. The molecule has 9 heteroatoms. The van der Waals surface area contributed by atoms with Gasteiger partial charge in [0.05, 0.1) is 11.5 Å². The quantitative estimate of drug-likeness (QED) is 0.625. The van der Waals surface area contributed by atoms with Crippen LogP contribution in [0.1, 0.15) is 18.9 Å². The first-order chi connectivity index (χ1) is 13.3. The molecular formula is C19H23N3O5S. The number of carbonyl (C=O) groups is 2. The summed E-state index contributed by atoms with van der Waals surface area (Å²) in [4.78, 5) is 23.2. The number of sulfonamides is 1. The summed E-state index contributed by atoms with van der Waals surface area (Å²) in [7, 11) is -3.68. The molecule has 0 fully saturated rings. The molecule has 0 spiro atoms. The van der Waals surface area contributed by atoms with Crippen LogP contribution in [0.15, 0.2) is 53.4 Å². The average Bonchev–Trinajstić information content (AvgIpc) is 2.64. The average molecular weight is 405 g/mol. The van der Waals surface area contributed by atoms with Crippen molar-refractivity contribution in [2.45, 2.75) is 25.2 Å². The zero-order valence-corrected chi connectivity index (χ0v) is 16.5. The lowest BCUT2D eigenvalue weighted by atomic mass is 10.2. The van der Waals surface area contributed by atoms with Crippen molar-refractivity contribution in [1.82, 2.24) is 5.32 Å². The highest BCUT2D eigenvalue weighted by Crippen LogP contribution is 2.19. The topological polar surface area (TPSA) is 114 Å². The van der Waals surface area contributed by atoms with Gasteiger partial charge in [-0.25, -0.2) is 13.2 Å². The molecular weight excluding hydrogens is 382 g/mol. The van der Waals surface area contributed by atoms with Gasteiger partial charge in [0.2, 0.25) is 5.91 Å². The van der Waals surface area contributed by atoms with Crippen LogP contribution in [0.5, 0.6) is 0 Å². The van der Waals surface area contributed by atoms with E-state index in [1.165, 1.54) is 12.1 Å². The minimum atomic E-state index is -3.68. The second-order valence-corrected chi connectivity index (χ2v) is 7.62. The molecule has 0 heterocycles. The van der Waals surface area contributed by atoms with E-state index in [-0.39, 0.29) is 30.4 Å². The molecule has 0 radical (unpaired) electrons. The van der Waals surface area contributed by atoms with Crippen LogP contribution < -0.4 is 15.4 Å². The van der Waals surface area contributed by atoms with Crippen molar-refractivity contribution in [2.24, 2.45) is 0 Å². The first-order valence-corrected chi connectivity index (χ1v) is 10.2. The lowest BCUT2D eigenvalue weighted by molar-refractivity contribution is -0.116. The molecule has 0 aliphatic carbocycles. The van der Waals surface area contributed by atoms with Crippen LogP contribution in [-0.4, -0.2) is 33.6 Å². The molecule has 0 saturated carbocycles. The Hall–Kier alpha value is -3.07. The van der Waals surface area contributed by atoms with Crippen LogP contribution in [0, 0.1) is 6.92 Å². The zero-order chi connectivity index (χ0) is 20.6. The number of aryl methyl sites for hydroxylation is 1. The number of hydrogen-bond acceptors (Lipinski definition) is 5. The highest BCUT2D eigenvalue weighted by atomic mass is 32.2. The Balaban J connectivity index is 1.88. The number of amides is 2. The Morgan fingerprint density at radius 1 is 0.964 bits per heavy atom. The van der Waals surface area contributed by atoms with Gasteiger partial charge in [0.25, 0.3) is 10.0 Å². The summed E-state index contributed by atoms with van der Waals surface area (Å²) in [6, 6.07) is 12.8. The maximum absolute atomic E-state index is 12.4. The Morgan fingerprint density at radius 2 is 1.57 bits per heavy atom. The van der Waals surface area contributed by atoms with Crippen LogP contribution >= 0.6 is 0 Å². The van der Waals surface area contributed by atoms with E-state index in [9.17, 15) is 18.0 Å². The molecule has 28 heavy (non-hydrogen) atoms. The molecule has 8 nitrogen and oxygen atoms in total. The number of anilines is 2. The summed E-state index contributed by atoms with van der Waals surface area (Å²) in [5, 5.41) is 5.12. The second-order valence-electron chi connectivity index (χ2n) is 5.94. The predicted octanol–water partition coefficient (Wildman–Crippen LogP) is 2.87. The molecule has 0 aliphatic rings. The molecule has 150 valence electrons. The Bertz CT molecular complexity index is 910. The lowest BCUT2D eigenvalue weighted by Crippen LogP contribution is -2.28. The zero-order valence-electron chi connectivity index (χ0n) is 15.7. The van der Waals surface area contributed by atoms with E-state index in [4.69, 9.17) is 4.74 Å². The molecule has 2 rings (SSSR count). The minimum Gasteiger partial charge on any atom is -0.450 e. The van der Waals surface area contributed by atoms with E-state index in [0.29, 0.717) is 11.4 Å². The number of rotatable bonds is 8. The van der Waals surface area contributed by atoms with Gasteiger partial charge in [-0.1, -0.05) is 17.7 Å². The van der Waals surface area contributed by atoms with Crippen LogP contribution in [0.2, 0.25) is 0 Å². The van der Waals surface area contributed by atoms with Gasteiger partial charge in [0.1, 0.15) is 0 Å². The van der Waals surface area contributed by atoms with Gasteiger partial charge in [0.15, 0.2) is 0 Å². The van der Waals surface area contributed by atoms with Gasteiger partial charge >= 0.3 is 6.09 Å². The summed E-state index contributed by atoms with van der Waals surface area (Å²) < 4.78 is 31.9. The number of benzene rings is 2. The summed E-state index contributed by atoms with van der Waals surface area (Å²) in [5.74, 6) is -0.287.